The molecule has 2 heterocycles. The maximum Gasteiger partial charge on any atom is 0.329 e. The number of carbonyl (C=O) groups is 2. The van der Waals surface area contributed by atoms with Gasteiger partial charge in [-0.2, -0.15) is 0 Å². The van der Waals surface area contributed by atoms with Crippen LogP contribution in [0.3, 0.4) is 0 Å². The van der Waals surface area contributed by atoms with Crippen molar-refractivity contribution in [1.82, 2.24) is 10.1 Å². The monoisotopic (exact) mass is 294 g/mol. The number of amides is 1. The molecule has 1 saturated heterocycles. The van der Waals surface area contributed by atoms with Gasteiger partial charge in [-0.15, -0.1) is 0 Å². The van der Waals surface area contributed by atoms with Gasteiger partial charge in [-0.3, -0.25) is 4.79 Å². The normalized spacial score (nSPS) is 22.3. The van der Waals surface area contributed by atoms with Gasteiger partial charge in [-0.25, -0.2) is 4.79 Å². The molecule has 1 aromatic rings. The van der Waals surface area contributed by atoms with Crippen LogP contribution < -0.4 is 0 Å². The summed E-state index contributed by atoms with van der Waals surface area (Å²) in [6.45, 7) is 5.83. The predicted molar refractivity (Wildman–Crippen MR) is 75.9 cm³/mol. The quantitative estimate of drug-likeness (QED) is 0.919. The number of carboxylic acid groups (broad SMARTS) is 1. The molecule has 0 radical (unpaired) electrons. The molecule has 6 heteroatoms. The van der Waals surface area contributed by atoms with E-state index in [1.54, 1.807) is 6.92 Å². The van der Waals surface area contributed by atoms with E-state index in [4.69, 9.17) is 4.52 Å². The van der Waals surface area contributed by atoms with Crippen LogP contribution in [0.4, 0.5) is 0 Å². The van der Waals surface area contributed by atoms with E-state index < -0.39 is 11.5 Å². The summed E-state index contributed by atoms with van der Waals surface area (Å²) in [6.07, 6.45) is 3.04. The van der Waals surface area contributed by atoms with Crippen molar-refractivity contribution in [2.45, 2.75) is 58.4 Å². The highest BCUT2D eigenvalue weighted by molar-refractivity contribution is 5.87. The molecule has 1 atom stereocenters. The van der Waals surface area contributed by atoms with Crippen LogP contribution in [0.5, 0.6) is 0 Å². The first-order valence-electron chi connectivity index (χ1n) is 7.32. The van der Waals surface area contributed by atoms with Crippen molar-refractivity contribution < 1.29 is 19.2 Å². The first-order chi connectivity index (χ1) is 9.86. The average molecular weight is 294 g/mol. The van der Waals surface area contributed by atoms with Crippen LogP contribution in [0.2, 0.25) is 0 Å². The Morgan fingerprint density at radius 2 is 2.10 bits per heavy atom. The summed E-state index contributed by atoms with van der Waals surface area (Å²) in [5, 5.41) is 13.3. The molecule has 1 aliphatic rings. The number of rotatable bonds is 4. The van der Waals surface area contributed by atoms with E-state index in [2.05, 4.69) is 5.16 Å². The zero-order chi connectivity index (χ0) is 15.6. The van der Waals surface area contributed by atoms with Crippen molar-refractivity contribution >= 4 is 11.9 Å². The molecule has 6 nitrogen and oxygen atoms in total. The molecule has 0 spiro atoms. The van der Waals surface area contributed by atoms with Gasteiger partial charge < -0.3 is 14.5 Å². The fourth-order valence-corrected chi connectivity index (χ4v) is 2.97. The summed E-state index contributed by atoms with van der Waals surface area (Å²) in [5.74, 6) is -0.313. The highest BCUT2D eigenvalue weighted by atomic mass is 16.5. The second-order valence-electron chi connectivity index (χ2n) is 5.88. The third kappa shape index (κ3) is 2.94. The smallest absolute Gasteiger partial charge is 0.329 e. The van der Waals surface area contributed by atoms with E-state index in [0.717, 1.165) is 29.9 Å². The number of nitrogens with zero attached hydrogens (tertiary/aromatic N) is 2. The second kappa shape index (κ2) is 5.87. The summed E-state index contributed by atoms with van der Waals surface area (Å²) in [7, 11) is 0. The maximum atomic E-state index is 12.4. The van der Waals surface area contributed by atoms with Crippen molar-refractivity contribution in [3.8, 4) is 0 Å². The molecule has 0 saturated carbocycles. The van der Waals surface area contributed by atoms with E-state index in [0.29, 0.717) is 19.4 Å². The molecule has 1 fully saturated rings. The molecule has 0 aromatic carbocycles. The third-order valence-electron chi connectivity index (χ3n) is 4.42. The summed E-state index contributed by atoms with van der Waals surface area (Å²) < 4.78 is 5.08. The first-order valence-corrected chi connectivity index (χ1v) is 7.32. The molecular weight excluding hydrogens is 272 g/mol. The second-order valence-corrected chi connectivity index (χ2v) is 5.88. The number of carbonyl (C=O) groups excluding carboxylic acids is 1. The van der Waals surface area contributed by atoms with E-state index in [1.807, 2.05) is 13.8 Å². The number of piperidine rings is 1. The van der Waals surface area contributed by atoms with Gasteiger partial charge in [0, 0.05) is 18.5 Å². The predicted octanol–water partition coefficient (Wildman–Crippen LogP) is 2.08. The average Bonchev–Trinajstić information content (AvgIpc) is 2.76. The SMILES string of the molecule is Cc1noc(C)c1CCC(=O)N1CCCCC1(C)C(=O)O. The molecule has 21 heavy (non-hydrogen) atoms. The van der Waals surface area contributed by atoms with Crippen LogP contribution in [-0.2, 0) is 16.0 Å². The Hall–Kier alpha value is -1.85. The number of hydrogen-bond donors (Lipinski definition) is 1. The zero-order valence-electron chi connectivity index (χ0n) is 12.8. The van der Waals surface area contributed by atoms with E-state index in [-0.39, 0.29) is 12.3 Å². The van der Waals surface area contributed by atoms with Gasteiger partial charge in [0.15, 0.2) is 0 Å². The molecule has 1 amide bonds. The van der Waals surface area contributed by atoms with Crippen LogP contribution >= 0.6 is 0 Å². The number of hydrogen-bond acceptors (Lipinski definition) is 4. The van der Waals surface area contributed by atoms with Crippen LogP contribution in [0, 0.1) is 13.8 Å². The van der Waals surface area contributed by atoms with Crippen LogP contribution in [0.15, 0.2) is 4.52 Å². The minimum absolute atomic E-state index is 0.111. The van der Waals surface area contributed by atoms with Gasteiger partial charge in [0.2, 0.25) is 5.91 Å². The largest absolute Gasteiger partial charge is 0.480 e. The minimum atomic E-state index is -1.08. The number of aromatic nitrogens is 1. The highest BCUT2D eigenvalue weighted by Gasteiger charge is 2.43. The molecule has 0 bridgehead atoms. The Morgan fingerprint density at radius 3 is 2.67 bits per heavy atom. The third-order valence-corrected chi connectivity index (χ3v) is 4.42. The number of aliphatic carboxylic acids is 1. The van der Waals surface area contributed by atoms with E-state index >= 15 is 0 Å². The summed E-state index contributed by atoms with van der Waals surface area (Å²) in [6, 6.07) is 0. The van der Waals surface area contributed by atoms with Gasteiger partial charge in [-0.1, -0.05) is 5.16 Å². The topological polar surface area (TPSA) is 83.6 Å². The van der Waals surface area contributed by atoms with Crippen LogP contribution in [0.25, 0.3) is 0 Å². The molecule has 0 aliphatic carbocycles. The summed E-state index contributed by atoms with van der Waals surface area (Å²) >= 11 is 0. The Bertz CT molecular complexity index is 532. The summed E-state index contributed by atoms with van der Waals surface area (Å²) in [4.78, 5) is 25.5. The minimum Gasteiger partial charge on any atom is -0.480 e. The molecule has 1 N–H and O–H groups in total. The van der Waals surface area contributed by atoms with Gasteiger partial charge in [-0.05, 0) is 46.5 Å². The Morgan fingerprint density at radius 1 is 1.38 bits per heavy atom. The Balaban J connectivity index is 2.07. The van der Waals surface area contributed by atoms with Gasteiger partial charge >= 0.3 is 5.97 Å². The van der Waals surface area contributed by atoms with E-state index in [9.17, 15) is 14.7 Å². The van der Waals surface area contributed by atoms with Crippen molar-refractivity contribution in [2.24, 2.45) is 0 Å². The molecule has 1 unspecified atom stereocenters. The highest BCUT2D eigenvalue weighted by Crippen LogP contribution is 2.29. The van der Waals surface area contributed by atoms with Gasteiger partial charge in [0.25, 0.3) is 0 Å². The number of carboxylic acids is 1. The fraction of sp³-hybridized carbons (Fsp3) is 0.667. The van der Waals surface area contributed by atoms with Gasteiger partial charge in [0.05, 0.1) is 5.69 Å². The summed E-state index contributed by atoms with van der Waals surface area (Å²) in [5.41, 5.74) is 0.658. The lowest BCUT2D eigenvalue weighted by atomic mass is 9.88. The standard InChI is InChI=1S/C15H22N2O4/c1-10-12(11(2)21-16-10)6-7-13(18)17-9-5-4-8-15(17,3)14(19)20/h4-9H2,1-3H3,(H,19,20). The van der Waals surface area contributed by atoms with Crippen molar-refractivity contribution in [3.63, 3.8) is 0 Å². The lowest BCUT2D eigenvalue weighted by molar-refractivity contribution is -0.161. The lowest BCUT2D eigenvalue weighted by Crippen LogP contribution is -2.57. The molecule has 1 aromatic heterocycles. The Labute approximate surface area is 124 Å². The molecule has 2 rings (SSSR count). The maximum absolute atomic E-state index is 12.4. The lowest BCUT2D eigenvalue weighted by Gasteiger charge is -2.41. The van der Waals surface area contributed by atoms with Crippen molar-refractivity contribution in [3.05, 3.63) is 17.0 Å². The first kappa shape index (κ1) is 15.5. The van der Waals surface area contributed by atoms with Crippen molar-refractivity contribution in [1.29, 1.82) is 0 Å². The number of aryl methyl sites for hydroxylation is 2. The van der Waals surface area contributed by atoms with Gasteiger partial charge in [0.1, 0.15) is 11.3 Å². The fourth-order valence-electron chi connectivity index (χ4n) is 2.97. The number of likely N-dealkylation sites (tertiary alicyclic amines) is 1. The Kier molecular flexibility index (Phi) is 4.34. The van der Waals surface area contributed by atoms with E-state index in [1.165, 1.54) is 4.90 Å². The van der Waals surface area contributed by atoms with Crippen molar-refractivity contribution in [2.75, 3.05) is 6.54 Å². The van der Waals surface area contributed by atoms with Crippen LogP contribution in [0.1, 0.15) is 49.6 Å². The van der Waals surface area contributed by atoms with Crippen LogP contribution in [-0.4, -0.2) is 39.1 Å². The molecule has 116 valence electrons. The molecular formula is C15H22N2O4. The molecule has 1 aliphatic heterocycles. The zero-order valence-corrected chi connectivity index (χ0v) is 12.8.